The third-order valence-electron chi connectivity index (χ3n) is 4.21. The first-order valence-corrected chi connectivity index (χ1v) is 8.91. The fourth-order valence-electron chi connectivity index (χ4n) is 2.57. The van der Waals surface area contributed by atoms with Crippen molar-refractivity contribution in [3.8, 4) is 11.4 Å². The fraction of sp³-hybridized carbons (Fsp3) is 0.278. The van der Waals surface area contributed by atoms with E-state index in [-0.39, 0.29) is 22.0 Å². The lowest BCUT2D eigenvalue weighted by molar-refractivity contribution is -0.149. The zero-order valence-electron chi connectivity index (χ0n) is 16.5. The number of rotatable bonds is 7. The molecule has 0 atom stereocenters. The van der Waals surface area contributed by atoms with Crippen LogP contribution < -0.4 is 16.0 Å². The Morgan fingerprint density at radius 2 is 1.82 bits per heavy atom. The fourth-order valence-corrected chi connectivity index (χ4v) is 2.77. The van der Waals surface area contributed by atoms with Gasteiger partial charge in [0.1, 0.15) is 29.6 Å². The molecule has 0 aliphatic rings. The smallest absolute Gasteiger partial charge is 0.431 e. The van der Waals surface area contributed by atoms with E-state index in [0.29, 0.717) is 12.1 Å². The minimum absolute atomic E-state index is 0.198. The lowest BCUT2D eigenvalue weighted by atomic mass is 10.2. The Labute approximate surface area is 184 Å². The number of nitrogens with zero attached hydrogens (tertiary/aromatic N) is 2. The van der Waals surface area contributed by atoms with Crippen LogP contribution in [0.2, 0.25) is 5.02 Å². The van der Waals surface area contributed by atoms with Crippen molar-refractivity contribution < 1.29 is 45.7 Å². The number of aromatic nitrogens is 2. The minimum atomic E-state index is -5.48. The van der Waals surface area contributed by atoms with Gasteiger partial charge in [-0.25, -0.2) is 23.1 Å². The van der Waals surface area contributed by atoms with E-state index < -0.39 is 69.1 Å². The molecule has 1 aromatic heterocycles. The van der Waals surface area contributed by atoms with Crippen LogP contribution in [0, 0.1) is 5.82 Å². The van der Waals surface area contributed by atoms with Crippen LogP contribution in [0.1, 0.15) is 19.2 Å². The van der Waals surface area contributed by atoms with E-state index in [2.05, 4.69) is 0 Å². The van der Waals surface area contributed by atoms with Gasteiger partial charge in [-0.15, -0.1) is 0 Å². The average Bonchev–Trinajstić information content (AvgIpc) is 2.69. The van der Waals surface area contributed by atoms with Crippen molar-refractivity contribution in [3.05, 3.63) is 66.9 Å². The Bertz CT molecular complexity index is 1230. The molecule has 0 fully saturated rings. The van der Waals surface area contributed by atoms with Crippen LogP contribution in [0.15, 0.2) is 39.1 Å². The summed E-state index contributed by atoms with van der Waals surface area (Å²) in [7, 11) is 1.12. The average molecular weight is 503 g/mol. The summed E-state index contributed by atoms with van der Waals surface area (Å²) >= 11 is 5.83. The molecule has 0 amide bonds. The van der Waals surface area contributed by atoms with E-state index in [0.717, 1.165) is 7.11 Å². The number of aliphatic carboxylic acids is 1. The van der Waals surface area contributed by atoms with Gasteiger partial charge in [0, 0.05) is 12.1 Å². The number of alkyl halides is 5. The van der Waals surface area contributed by atoms with Gasteiger partial charge in [-0.2, -0.15) is 22.0 Å². The van der Waals surface area contributed by atoms with Gasteiger partial charge in [0.15, 0.2) is 0 Å². The van der Waals surface area contributed by atoms with Crippen molar-refractivity contribution in [1.82, 2.24) is 9.13 Å². The summed E-state index contributed by atoms with van der Waals surface area (Å²) in [5, 5.41) is 8.54. The molecule has 0 aliphatic carbocycles. The van der Waals surface area contributed by atoms with Gasteiger partial charge in [-0.05, 0) is 13.0 Å². The van der Waals surface area contributed by atoms with Gasteiger partial charge in [0.25, 0.3) is 5.56 Å². The summed E-state index contributed by atoms with van der Waals surface area (Å²) in [6.07, 6.45) is -5.48. The predicted octanol–water partition coefficient (Wildman–Crippen LogP) is 3.59. The van der Waals surface area contributed by atoms with E-state index in [9.17, 15) is 40.7 Å². The van der Waals surface area contributed by atoms with Crippen LogP contribution in [0.25, 0.3) is 5.69 Å². The molecule has 0 aliphatic heterocycles. The molecule has 0 bridgehead atoms. The highest BCUT2D eigenvalue weighted by Crippen LogP contribution is 2.32. The highest BCUT2D eigenvalue weighted by molar-refractivity contribution is 6.32. The second-order valence-corrected chi connectivity index (χ2v) is 6.62. The molecule has 0 saturated carbocycles. The molecule has 0 unspecified atom stereocenters. The highest BCUT2D eigenvalue weighted by atomic mass is 35.5. The maximum absolute atomic E-state index is 14.5. The van der Waals surface area contributed by atoms with Crippen LogP contribution in [0.3, 0.4) is 0 Å². The molecule has 0 radical (unpaired) electrons. The van der Waals surface area contributed by atoms with Crippen molar-refractivity contribution in [3.63, 3.8) is 0 Å². The lowest BCUT2D eigenvalue weighted by Gasteiger charge is -2.17. The molecule has 1 heterocycles. The first kappa shape index (κ1) is 25.8. The Morgan fingerprint density at radius 3 is 2.30 bits per heavy atom. The van der Waals surface area contributed by atoms with Gasteiger partial charge in [-0.3, -0.25) is 4.79 Å². The molecular formula is C18H13ClF6N2O6. The third kappa shape index (κ3) is 5.32. The van der Waals surface area contributed by atoms with Gasteiger partial charge in [0.05, 0.1) is 23.4 Å². The second-order valence-electron chi connectivity index (χ2n) is 6.21. The summed E-state index contributed by atoms with van der Waals surface area (Å²) in [4.78, 5) is 35.6. The Morgan fingerprint density at radius 1 is 1.21 bits per heavy atom. The Balaban J connectivity index is 2.69. The SMILES string of the molecule is COC(COc1cc(-n2c(=O)cc(C(F)(F)F)n(C(F)F)c2=O)c(F)cc1Cl)=C(C)C(=O)O. The van der Waals surface area contributed by atoms with Crippen molar-refractivity contribution in [2.24, 2.45) is 0 Å². The molecule has 15 heteroatoms. The third-order valence-corrected chi connectivity index (χ3v) is 4.50. The van der Waals surface area contributed by atoms with E-state index in [1.165, 1.54) is 6.92 Å². The first-order valence-electron chi connectivity index (χ1n) is 8.53. The summed E-state index contributed by atoms with van der Waals surface area (Å²) < 4.78 is 88.8. The van der Waals surface area contributed by atoms with E-state index in [1.807, 2.05) is 0 Å². The zero-order valence-corrected chi connectivity index (χ0v) is 17.3. The van der Waals surface area contributed by atoms with Crippen LogP contribution in [0.5, 0.6) is 5.75 Å². The van der Waals surface area contributed by atoms with Crippen molar-refractivity contribution >= 4 is 17.6 Å². The predicted molar refractivity (Wildman–Crippen MR) is 100 cm³/mol. The van der Waals surface area contributed by atoms with Crippen LogP contribution in [-0.4, -0.2) is 33.9 Å². The second kappa shape index (κ2) is 9.60. The topological polar surface area (TPSA) is 99.8 Å². The molecule has 1 N–H and O–H groups in total. The zero-order chi connectivity index (χ0) is 25.2. The maximum Gasteiger partial charge on any atom is 0.431 e. The molecule has 2 aromatic rings. The molecule has 2 rings (SSSR count). The molecule has 1 aromatic carbocycles. The van der Waals surface area contributed by atoms with E-state index in [1.54, 1.807) is 0 Å². The molecular weight excluding hydrogens is 490 g/mol. The maximum atomic E-state index is 14.5. The standard InChI is InChI=1S/C18H13ClF6N2O6/c1-7(15(29)30)12(32-2)6-33-11-4-10(9(20)3-8(11)19)26-14(28)5-13(18(23,24)25)27(16(21)22)17(26)31/h3-5,16H,6H2,1-2H3,(H,29,30). The van der Waals surface area contributed by atoms with Crippen LogP contribution in [-0.2, 0) is 15.7 Å². The van der Waals surface area contributed by atoms with E-state index >= 15 is 0 Å². The summed E-state index contributed by atoms with van der Waals surface area (Å²) in [5.41, 5.74) is -7.46. The van der Waals surface area contributed by atoms with Gasteiger partial charge >= 0.3 is 24.4 Å². The number of hydrogen-bond donors (Lipinski definition) is 1. The normalized spacial score (nSPS) is 12.5. The number of benzene rings is 1. The van der Waals surface area contributed by atoms with Crippen molar-refractivity contribution in [2.75, 3.05) is 13.7 Å². The molecule has 33 heavy (non-hydrogen) atoms. The number of ether oxygens (including phenoxy) is 2. The van der Waals surface area contributed by atoms with Crippen molar-refractivity contribution in [2.45, 2.75) is 19.6 Å². The molecule has 0 saturated heterocycles. The minimum Gasteiger partial charge on any atom is -0.497 e. The molecule has 8 nitrogen and oxygen atoms in total. The van der Waals surface area contributed by atoms with Crippen LogP contribution >= 0.6 is 11.6 Å². The van der Waals surface area contributed by atoms with Crippen LogP contribution in [0.4, 0.5) is 26.3 Å². The monoisotopic (exact) mass is 502 g/mol. The number of methoxy groups -OCH3 is 1. The quantitative estimate of drug-likeness (QED) is 0.353. The largest absolute Gasteiger partial charge is 0.497 e. The number of halogens is 7. The Kier molecular flexibility index (Phi) is 7.52. The Hall–Kier alpha value is -3.42. The number of carbonyl (C=O) groups is 1. The number of carboxylic acids is 1. The summed E-state index contributed by atoms with van der Waals surface area (Å²) in [5.74, 6) is -3.44. The van der Waals surface area contributed by atoms with Crippen molar-refractivity contribution in [1.29, 1.82) is 0 Å². The molecule has 180 valence electrons. The number of hydrogen-bond acceptors (Lipinski definition) is 5. The van der Waals surface area contributed by atoms with E-state index in [4.69, 9.17) is 26.2 Å². The first-order chi connectivity index (χ1) is 15.2. The lowest BCUT2D eigenvalue weighted by Crippen LogP contribution is -2.42. The molecule has 0 spiro atoms. The number of carboxylic acid groups (broad SMARTS) is 1. The summed E-state index contributed by atoms with van der Waals surface area (Å²) in [6.45, 7) is -3.42. The van der Waals surface area contributed by atoms with Gasteiger partial charge in [-0.1, -0.05) is 11.6 Å². The van der Waals surface area contributed by atoms with Gasteiger partial charge in [0.2, 0.25) is 0 Å². The highest BCUT2D eigenvalue weighted by Gasteiger charge is 2.38. The van der Waals surface area contributed by atoms with Gasteiger partial charge < -0.3 is 14.6 Å². The summed E-state index contributed by atoms with van der Waals surface area (Å²) in [6, 6.07) is 0.833.